The van der Waals surface area contributed by atoms with Crippen LogP contribution in [0.2, 0.25) is 5.02 Å². The number of anilines is 3. The van der Waals surface area contributed by atoms with Crippen molar-refractivity contribution in [2.24, 2.45) is 11.7 Å². The maximum Gasteiger partial charge on any atom is 0.275 e. The fourth-order valence-electron chi connectivity index (χ4n) is 4.44. The molecule has 2 amide bonds. The first-order chi connectivity index (χ1) is 14.7. The summed E-state index contributed by atoms with van der Waals surface area (Å²) >= 11 is 6.23. The first kappa shape index (κ1) is 24.1. The van der Waals surface area contributed by atoms with E-state index in [1.807, 2.05) is 19.1 Å². The van der Waals surface area contributed by atoms with E-state index in [4.69, 9.17) is 22.1 Å². The Morgan fingerprint density at radius 2 is 2.00 bits per heavy atom. The van der Waals surface area contributed by atoms with Crippen LogP contribution in [0.3, 0.4) is 0 Å². The second-order valence-electron chi connectivity index (χ2n) is 8.49. The molecule has 4 rings (SSSR count). The number of rotatable bonds is 5. The molecule has 2 N–H and O–H groups in total. The number of amides is 2. The molecule has 0 saturated heterocycles. The largest absolute Gasteiger partial charge is 0.459 e. The molecule has 0 radical (unpaired) electrons. The Hall–Kier alpha value is -2.51. The van der Waals surface area contributed by atoms with E-state index in [0.717, 1.165) is 25.7 Å². The van der Waals surface area contributed by atoms with Gasteiger partial charge in [-0.3, -0.25) is 14.5 Å². The van der Waals surface area contributed by atoms with Crippen molar-refractivity contribution >= 4 is 53.0 Å². The van der Waals surface area contributed by atoms with Crippen LogP contribution in [0.15, 0.2) is 36.4 Å². The smallest absolute Gasteiger partial charge is 0.275 e. The predicted molar refractivity (Wildman–Crippen MR) is 128 cm³/mol. The molecule has 2 aromatic rings. The summed E-state index contributed by atoms with van der Waals surface area (Å²) in [6.45, 7) is 3.57. The van der Waals surface area contributed by atoms with Gasteiger partial charge in [0.15, 0.2) is 5.60 Å². The lowest BCUT2D eigenvalue weighted by molar-refractivity contribution is -0.138. The molecular weight excluding hydrogens is 451 g/mol. The molecule has 172 valence electrons. The third kappa shape index (κ3) is 4.11. The molecule has 1 saturated carbocycles. The Labute approximate surface area is 199 Å². The molecule has 1 aliphatic carbocycles. The number of nitrogens with two attached hydrogens (primary N) is 1. The molecule has 1 aromatic carbocycles. The molecule has 9 heteroatoms. The van der Waals surface area contributed by atoms with Crippen LogP contribution in [-0.2, 0) is 9.59 Å². The zero-order valence-corrected chi connectivity index (χ0v) is 19.9. The summed E-state index contributed by atoms with van der Waals surface area (Å²) in [7, 11) is 1.75. The normalized spacial score (nSPS) is 21.4. The minimum atomic E-state index is -1.04. The number of carbonyl (C=O) groups excluding carboxylic acids is 2. The third-order valence-electron chi connectivity index (χ3n) is 6.56. The Morgan fingerprint density at radius 1 is 1.31 bits per heavy atom. The van der Waals surface area contributed by atoms with Gasteiger partial charge in [0.2, 0.25) is 11.8 Å². The van der Waals surface area contributed by atoms with Crippen molar-refractivity contribution in [3.8, 4) is 5.88 Å². The molecule has 2 unspecified atom stereocenters. The number of fused-ring (bicyclic) bond motifs is 1. The maximum atomic E-state index is 13.8. The van der Waals surface area contributed by atoms with Crippen LogP contribution < -0.4 is 20.3 Å². The van der Waals surface area contributed by atoms with Crippen molar-refractivity contribution in [3.63, 3.8) is 0 Å². The van der Waals surface area contributed by atoms with Gasteiger partial charge >= 0.3 is 0 Å². The monoisotopic (exact) mass is 478 g/mol. The molecule has 1 fully saturated rings. The minimum absolute atomic E-state index is 0. The van der Waals surface area contributed by atoms with Gasteiger partial charge in [0.25, 0.3) is 5.91 Å². The predicted octanol–water partition coefficient (Wildman–Crippen LogP) is 4.47. The summed E-state index contributed by atoms with van der Waals surface area (Å²) in [5.41, 5.74) is 5.64. The van der Waals surface area contributed by atoms with E-state index in [9.17, 15) is 9.59 Å². The summed E-state index contributed by atoms with van der Waals surface area (Å²) < 4.78 is 6.35. The highest BCUT2D eigenvalue weighted by molar-refractivity contribution is 6.31. The minimum Gasteiger partial charge on any atom is -0.459 e. The van der Waals surface area contributed by atoms with Crippen LogP contribution in [-0.4, -0.2) is 35.5 Å². The lowest BCUT2D eigenvalue weighted by atomic mass is 9.85. The van der Waals surface area contributed by atoms with Crippen LogP contribution in [0.4, 0.5) is 17.2 Å². The number of halogens is 2. The van der Waals surface area contributed by atoms with E-state index in [2.05, 4.69) is 4.98 Å². The molecule has 2 atom stereocenters. The molecule has 7 nitrogen and oxygen atoms in total. The van der Waals surface area contributed by atoms with Gasteiger partial charge in [-0.25, -0.2) is 0 Å². The zero-order chi connectivity index (χ0) is 22.3. The van der Waals surface area contributed by atoms with Gasteiger partial charge in [0.05, 0.1) is 5.69 Å². The third-order valence-corrected chi connectivity index (χ3v) is 6.79. The number of ether oxygens (including phenoxy) is 1. The lowest BCUT2D eigenvalue weighted by Gasteiger charge is -2.43. The standard InChI is InChI=1S/C23H27ClN4O3.ClH/c1-14(20(25)29)27(3)19-12-11-18-21(26-19)31-23(2,15-7-4-5-8-15)22(30)28(18)17-10-6-9-16(24)13-17;/h6,9-15H,4-5,7-8H2,1-3H3,(H2,25,29);1H. The summed E-state index contributed by atoms with van der Waals surface area (Å²) in [6, 6.07) is 10.2. The number of primary amides is 1. The molecule has 1 aromatic heterocycles. The molecule has 0 bridgehead atoms. The fraction of sp³-hybridized carbons (Fsp3) is 0.435. The molecular formula is C23H28Cl2N4O3. The Balaban J connectivity index is 0.00000289. The van der Waals surface area contributed by atoms with Crippen molar-refractivity contribution < 1.29 is 14.3 Å². The van der Waals surface area contributed by atoms with Gasteiger partial charge in [0, 0.05) is 18.0 Å². The van der Waals surface area contributed by atoms with Crippen molar-refractivity contribution in [1.29, 1.82) is 0 Å². The fourth-order valence-corrected chi connectivity index (χ4v) is 4.62. The molecule has 2 aliphatic rings. The SMILES string of the molecule is CC(C(N)=O)N(C)c1ccc2c(n1)OC(C)(C1CCCC1)C(=O)N2c1cccc(Cl)c1.Cl. The highest BCUT2D eigenvalue weighted by Gasteiger charge is 2.51. The zero-order valence-electron chi connectivity index (χ0n) is 18.4. The lowest BCUT2D eigenvalue weighted by Crippen LogP contribution is -2.56. The van der Waals surface area contributed by atoms with E-state index in [-0.39, 0.29) is 24.2 Å². The van der Waals surface area contributed by atoms with Gasteiger partial charge in [0.1, 0.15) is 17.5 Å². The quantitative estimate of drug-likeness (QED) is 0.684. The topological polar surface area (TPSA) is 88.8 Å². The summed E-state index contributed by atoms with van der Waals surface area (Å²) in [4.78, 5) is 33.5. The van der Waals surface area contributed by atoms with Crippen LogP contribution in [0, 0.1) is 5.92 Å². The number of hydrogen-bond acceptors (Lipinski definition) is 5. The Bertz CT molecular complexity index is 1030. The summed E-state index contributed by atoms with van der Waals surface area (Å²) in [5, 5.41) is 0.542. The first-order valence-corrected chi connectivity index (χ1v) is 10.9. The number of nitrogens with zero attached hydrogens (tertiary/aromatic N) is 3. The second kappa shape index (κ2) is 9.16. The molecule has 32 heavy (non-hydrogen) atoms. The van der Waals surface area contributed by atoms with Crippen LogP contribution >= 0.6 is 24.0 Å². The Kier molecular flexibility index (Phi) is 6.91. The molecule has 1 aliphatic heterocycles. The van der Waals surface area contributed by atoms with Crippen molar-refractivity contribution in [2.75, 3.05) is 16.8 Å². The van der Waals surface area contributed by atoms with Gasteiger partial charge in [-0.05, 0) is 57.0 Å². The van der Waals surface area contributed by atoms with E-state index < -0.39 is 17.6 Å². The van der Waals surface area contributed by atoms with Crippen LogP contribution in [0.1, 0.15) is 39.5 Å². The average Bonchev–Trinajstić information content (AvgIpc) is 3.29. The molecule has 2 heterocycles. The second-order valence-corrected chi connectivity index (χ2v) is 8.93. The van der Waals surface area contributed by atoms with Crippen molar-refractivity contribution in [2.45, 2.75) is 51.2 Å². The summed E-state index contributed by atoms with van der Waals surface area (Å²) in [6.07, 6.45) is 4.01. The van der Waals surface area contributed by atoms with Gasteiger partial charge in [-0.1, -0.05) is 30.5 Å². The Morgan fingerprint density at radius 3 is 2.62 bits per heavy atom. The van der Waals surface area contributed by atoms with Crippen LogP contribution in [0.25, 0.3) is 0 Å². The number of aromatic nitrogens is 1. The number of carbonyl (C=O) groups is 2. The molecule has 0 spiro atoms. The number of hydrogen-bond donors (Lipinski definition) is 1. The highest BCUT2D eigenvalue weighted by atomic mass is 35.5. The van der Waals surface area contributed by atoms with Crippen molar-refractivity contribution in [1.82, 2.24) is 4.98 Å². The van der Waals surface area contributed by atoms with E-state index >= 15 is 0 Å². The maximum absolute atomic E-state index is 13.8. The van der Waals surface area contributed by atoms with Crippen LogP contribution in [0.5, 0.6) is 5.88 Å². The number of benzene rings is 1. The van der Waals surface area contributed by atoms with E-state index in [1.54, 1.807) is 48.0 Å². The number of pyridine rings is 1. The van der Waals surface area contributed by atoms with Gasteiger partial charge in [-0.2, -0.15) is 4.98 Å². The van der Waals surface area contributed by atoms with Gasteiger partial charge < -0.3 is 15.4 Å². The van der Waals surface area contributed by atoms with Crippen molar-refractivity contribution in [3.05, 3.63) is 41.4 Å². The summed E-state index contributed by atoms with van der Waals surface area (Å²) in [5.74, 6) is 0.425. The van der Waals surface area contributed by atoms with E-state index in [1.165, 1.54) is 0 Å². The van der Waals surface area contributed by atoms with Gasteiger partial charge in [-0.15, -0.1) is 12.4 Å². The first-order valence-electron chi connectivity index (χ1n) is 10.5. The average molecular weight is 479 g/mol. The van der Waals surface area contributed by atoms with E-state index in [0.29, 0.717) is 28.1 Å². The highest BCUT2D eigenvalue weighted by Crippen LogP contribution is 2.47. The number of likely N-dealkylation sites (N-methyl/N-ethyl adjacent to an activating group) is 1.